The fourth-order valence-electron chi connectivity index (χ4n) is 2.27. The van der Waals surface area contributed by atoms with Crippen LogP contribution in [0.1, 0.15) is 19.3 Å². The van der Waals surface area contributed by atoms with E-state index in [0.717, 1.165) is 17.5 Å². The lowest BCUT2D eigenvalue weighted by Gasteiger charge is -2.37. The highest BCUT2D eigenvalue weighted by Crippen LogP contribution is 2.41. The molecule has 2 N–H and O–H groups in total. The highest BCUT2D eigenvalue weighted by Gasteiger charge is 2.44. The summed E-state index contributed by atoms with van der Waals surface area (Å²) in [6.07, 6.45) is 2.37. The summed E-state index contributed by atoms with van der Waals surface area (Å²) in [7, 11) is 0. The molecule has 1 heterocycles. The molecule has 2 aromatic rings. The third kappa shape index (κ3) is 2.09. The molecule has 0 unspecified atom stereocenters. The van der Waals surface area contributed by atoms with Gasteiger partial charge < -0.3 is 10.4 Å². The number of fused-ring (bicyclic) bond motifs is 1. The van der Waals surface area contributed by atoms with Crippen LogP contribution in [0.5, 0.6) is 0 Å². The molecule has 1 aromatic carbocycles. The van der Waals surface area contributed by atoms with Gasteiger partial charge in [-0.25, -0.2) is 4.98 Å². The highest BCUT2D eigenvalue weighted by atomic mass is 16.4. The monoisotopic (exact) mass is 258 g/mol. The Morgan fingerprint density at radius 1 is 1.26 bits per heavy atom. The Balaban J connectivity index is 1.76. The molecule has 0 aliphatic heterocycles. The number of anilines is 1. The average molecular weight is 258 g/mol. The van der Waals surface area contributed by atoms with Gasteiger partial charge in [-0.15, -0.1) is 10.2 Å². The molecule has 0 atom stereocenters. The Labute approximate surface area is 109 Å². The molecule has 0 radical (unpaired) electrons. The Kier molecular flexibility index (Phi) is 2.77. The second-order valence-electron chi connectivity index (χ2n) is 4.92. The Morgan fingerprint density at radius 3 is 2.63 bits per heavy atom. The topological polar surface area (TPSA) is 88.0 Å². The van der Waals surface area contributed by atoms with Crippen LogP contribution in [0.4, 0.5) is 5.95 Å². The fourth-order valence-corrected chi connectivity index (χ4v) is 2.27. The second kappa shape index (κ2) is 4.46. The zero-order valence-electron chi connectivity index (χ0n) is 10.3. The number of rotatable bonds is 4. The maximum atomic E-state index is 11.2. The van der Waals surface area contributed by atoms with Crippen molar-refractivity contribution in [2.24, 2.45) is 5.41 Å². The van der Waals surface area contributed by atoms with Crippen molar-refractivity contribution < 1.29 is 9.90 Å². The predicted octanol–water partition coefficient (Wildman–Crippen LogP) is 1.69. The summed E-state index contributed by atoms with van der Waals surface area (Å²) >= 11 is 0. The standard InChI is InChI=1S/C13H14N4O2/c18-11(19)13(6-3-7-13)8-14-12-15-9-4-1-2-5-10(9)16-17-12/h1-2,4-5H,3,6-8H2,(H,18,19)(H,14,15,17). The Hall–Kier alpha value is -2.24. The maximum absolute atomic E-state index is 11.2. The summed E-state index contributed by atoms with van der Waals surface area (Å²) in [5.41, 5.74) is 0.817. The van der Waals surface area contributed by atoms with E-state index in [0.29, 0.717) is 25.3 Å². The minimum atomic E-state index is -0.750. The van der Waals surface area contributed by atoms with Gasteiger partial charge in [-0.3, -0.25) is 4.79 Å². The number of carboxylic acids is 1. The molecular weight excluding hydrogens is 244 g/mol. The van der Waals surface area contributed by atoms with Crippen molar-refractivity contribution in [3.63, 3.8) is 0 Å². The first kappa shape index (κ1) is 11.8. The van der Waals surface area contributed by atoms with Crippen molar-refractivity contribution in [3.05, 3.63) is 24.3 Å². The number of hydrogen-bond donors (Lipinski definition) is 2. The van der Waals surface area contributed by atoms with Crippen molar-refractivity contribution >= 4 is 23.0 Å². The quantitative estimate of drug-likeness (QED) is 0.867. The van der Waals surface area contributed by atoms with E-state index in [1.807, 2.05) is 24.3 Å². The third-order valence-electron chi connectivity index (χ3n) is 3.71. The molecule has 1 aliphatic rings. The van der Waals surface area contributed by atoms with Gasteiger partial charge in [0.2, 0.25) is 5.95 Å². The minimum Gasteiger partial charge on any atom is -0.481 e. The van der Waals surface area contributed by atoms with E-state index >= 15 is 0 Å². The molecule has 0 spiro atoms. The highest BCUT2D eigenvalue weighted by molar-refractivity contribution is 5.77. The van der Waals surface area contributed by atoms with E-state index in [9.17, 15) is 9.90 Å². The van der Waals surface area contributed by atoms with Gasteiger partial charge in [-0.05, 0) is 25.0 Å². The van der Waals surface area contributed by atoms with E-state index in [-0.39, 0.29) is 0 Å². The molecule has 1 aromatic heterocycles. The number of para-hydroxylation sites is 1. The number of hydrogen-bond acceptors (Lipinski definition) is 5. The second-order valence-corrected chi connectivity index (χ2v) is 4.92. The summed E-state index contributed by atoms with van der Waals surface area (Å²) in [5.74, 6) is -0.369. The van der Waals surface area contributed by atoms with E-state index in [1.54, 1.807) is 0 Å². The van der Waals surface area contributed by atoms with E-state index in [2.05, 4.69) is 20.5 Å². The molecule has 98 valence electrons. The number of nitrogens with one attached hydrogen (secondary N) is 1. The van der Waals surface area contributed by atoms with Crippen LogP contribution in [0.2, 0.25) is 0 Å². The fraction of sp³-hybridized carbons (Fsp3) is 0.385. The molecule has 19 heavy (non-hydrogen) atoms. The van der Waals surface area contributed by atoms with E-state index < -0.39 is 11.4 Å². The summed E-state index contributed by atoms with van der Waals surface area (Å²) in [6, 6.07) is 7.44. The van der Waals surface area contributed by atoms with Gasteiger partial charge in [-0.1, -0.05) is 18.6 Å². The van der Waals surface area contributed by atoms with Crippen molar-refractivity contribution in [1.82, 2.24) is 15.2 Å². The van der Waals surface area contributed by atoms with E-state index in [1.165, 1.54) is 0 Å². The number of carboxylic acid groups (broad SMARTS) is 1. The first-order valence-electron chi connectivity index (χ1n) is 6.26. The molecule has 0 amide bonds. The Bertz CT molecular complexity index is 625. The van der Waals surface area contributed by atoms with E-state index in [4.69, 9.17) is 0 Å². The van der Waals surface area contributed by atoms with Crippen LogP contribution in [0.25, 0.3) is 11.0 Å². The van der Waals surface area contributed by atoms with Crippen LogP contribution in [-0.4, -0.2) is 32.8 Å². The Morgan fingerprint density at radius 2 is 2.00 bits per heavy atom. The largest absolute Gasteiger partial charge is 0.481 e. The molecule has 1 fully saturated rings. The lowest BCUT2D eigenvalue weighted by Crippen LogP contribution is -2.43. The van der Waals surface area contributed by atoms with Crippen LogP contribution in [-0.2, 0) is 4.79 Å². The molecule has 6 heteroatoms. The number of aliphatic carboxylic acids is 1. The van der Waals surface area contributed by atoms with Crippen LogP contribution in [0.3, 0.4) is 0 Å². The average Bonchev–Trinajstić information content (AvgIpc) is 2.37. The maximum Gasteiger partial charge on any atom is 0.311 e. The number of carbonyl (C=O) groups is 1. The third-order valence-corrected chi connectivity index (χ3v) is 3.71. The minimum absolute atomic E-state index is 0.350. The van der Waals surface area contributed by atoms with Crippen LogP contribution in [0, 0.1) is 5.41 Å². The molecule has 3 rings (SSSR count). The molecule has 1 saturated carbocycles. The number of aromatic nitrogens is 3. The van der Waals surface area contributed by atoms with Crippen molar-refractivity contribution in [3.8, 4) is 0 Å². The molecule has 0 saturated heterocycles. The van der Waals surface area contributed by atoms with Gasteiger partial charge in [0.05, 0.1) is 10.9 Å². The first-order valence-corrected chi connectivity index (χ1v) is 6.26. The normalized spacial score (nSPS) is 16.8. The zero-order chi connectivity index (χ0) is 13.3. The summed E-state index contributed by atoms with van der Waals surface area (Å²) < 4.78 is 0. The van der Waals surface area contributed by atoms with Gasteiger partial charge in [0.1, 0.15) is 5.52 Å². The number of nitrogens with zero attached hydrogens (tertiary/aromatic N) is 3. The lowest BCUT2D eigenvalue weighted by molar-refractivity contribution is -0.153. The van der Waals surface area contributed by atoms with Crippen LogP contribution >= 0.6 is 0 Å². The summed E-state index contributed by atoms with van der Waals surface area (Å²) in [6.45, 7) is 0.350. The summed E-state index contributed by atoms with van der Waals surface area (Å²) in [4.78, 5) is 15.6. The predicted molar refractivity (Wildman–Crippen MR) is 69.7 cm³/mol. The van der Waals surface area contributed by atoms with Crippen molar-refractivity contribution in [2.75, 3.05) is 11.9 Å². The van der Waals surface area contributed by atoms with Gasteiger partial charge in [0.15, 0.2) is 0 Å². The van der Waals surface area contributed by atoms with Gasteiger partial charge in [0, 0.05) is 6.54 Å². The molecule has 1 aliphatic carbocycles. The SMILES string of the molecule is O=C(O)C1(CNc2nnc3ccccc3n2)CCC1. The van der Waals surface area contributed by atoms with Crippen LogP contribution in [0.15, 0.2) is 24.3 Å². The van der Waals surface area contributed by atoms with Gasteiger partial charge in [-0.2, -0.15) is 0 Å². The number of benzene rings is 1. The van der Waals surface area contributed by atoms with Crippen LogP contribution < -0.4 is 5.32 Å². The van der Waals surface area contributed by atoms with Gasteiger partial charge in [0.25, 0.3) is 0 Å². The van der Waals surface area contributed by atoms with Crippen molar-refractivity contribution in [2.45, 2.75) is 19.3 Å². The van der Waals surface area contributed by atoms with Gasteiger partial charge >= 0.3 is 5.97 Å². The molecule has 0 bridgehead atoms. The van der Waals surface area contributed by atoms with Crippen molar-refractivity contribution in [1.29, 1.82) is 0 Å². The molecule has 6 nitrogen and oxygen atoms in total. The zero-order valence-corrected chi connectivity index (χ0v) is 10.3. The summed E-state index contributed by atoms with van der Waals surface area (Å²) in [5, 5.41) is 20.2. The first-order chi connectivity index (χ1) is 9.20. The smallest absolute Gasteiger partial charge is 0.311 e. The molecular formula is C13H14N4O2. The lowest BCUT2D eigenvalue weighted by atomic mass is 9.69.